The zero-order valence-corrected chi connectivity index (χ0v) is 10.8. The second kappa shape index (κ2) is 6.39. The van der Waals surface area contributed by atoms with Gasteiger partial charge in [0, 0.05) is 23.8 Å². The lowest BCUT2D eigenvalue weighted by atomic mass is 10.2. The van der Waals surface area contributed by atoms with Crippen LogP contribution < -0.4 is 11.1 Å². The van der Waals surface area contributed by atoms with Crippen LogP contribution in [-0.4, -0.2) is 21.7 Å². The Morgan fingerprint density at radius 2 is 2.29 bits per heavy atom. The Balaban J connectivity index is 2.44. The first-order valence-electron chi connectivity index (χ1n) is 6.10. The van der Waals surface area contributed by atoms with Gasteiger partial charge >= 0.3 is 0 Å². The molecule has 0 saturated carbocycles. The molecule has 1 aromatic heterocycles. The molecule has 0 aliphatic heterocycles. The highest BCUT2D eigenvalue weighted by molar-refractivity contribution is 5.75. The van der Waals surface area contributed by atoms with Crippen molar-refractivity contribution >= 4 is 5.91 Å². The number of hydrogen-bond donors (Lipinski definition) is 2. The number of carbonyl (C=O) groups excluding carboxylic acids is 1. The van der Waals surface area contributed by atoms with Gasteiger partial charge in [-0.05, 0) is 20.3 Å². The van der Waals surface area contributed by atoms with Gasteiger partial charge in [0.2, 0.25) is 5.91 Å². The first-order chi connectivity index (χ1) is 8.02. The molecule has 0 radical (unpaired) electrons. The Bertz CT molecular complexity index is 359. The molecular formula is C12H22N4O. The predicted molar refractivity (Wildman–Crippen MR) is 67.3 cm³/mol. The van der Waals surface area contributed by atoms with Crippen molar-refractivity contribution in [1.29, 1.82) is 0 Å². The van der Waals surface area contributed by atoms with Gasteiger partial charge in [0.1, 0.15) is 6.54 Å². The van der Waals surface area contributed by atoms with Crippen molar-refractivity contribution < 1.29 is 4.79 Å². The van der Waals surface area contributed by atoms with Gasteiger partial charge in [-0.3, -0.25) is 9.48 Å². The van der Waals surface area contributed by atoms with E-state index in [9.17, 15) is 4.79 Å². The number of nitrogens with zero attached hydrogens (tertiary/aromatic N) is 2. The second-order valence-electron chi connectivity index (χ2n) is 4.52. The average molecular weight is 238 g/mol. The van der Waals surface area contributed by atoms with E-state index in [2.05, 4.69) is 17.3 Å². The minimum absolute atomic E-state index is 0.00901. The molecule has 0 bridgehead atoms. The SMILES string of the molecule is CCCC(C)NC(=O)Cn1cc([C@H](C)N)cn1. The number of rotatable bonds is 6. The number of nitrogens with one attached hydrogen (secondary N) is 1. The van der Waals surface area contributed by atoms with Gasteiger partial charge in [-0.1, -0.05) is 13.3 Å². The molecule has 1 rings (SSSR count). The summed E-state index contributed by atoms with van der Waals surface area (Å²) >= 11 is 0. The highest BCUT2D eigenvalue weighted by atomic mass is 16.2. The van der Waals surface area contributed by atoms with Gasteiger partial charge < -0.3 is 11.1 Å². The molecule has 0 spiro atoms. The average Bonchev–Trinajstić information content (AvgIpc) is 2.66. The van der Waals surface area contributed by atoms with Gasteiger partial charge in [-0.25, -0.2) is 0 Å². The fraction of sp³-hybridized carbons (Fsp3) is 0.667. The van der Waals surface area contributed by atoms with Crippen LogP contribution in [0, 0.1) is 0 Å². The lowest BCUT2D eigenvalue weighted by Gasteiger charge is -2.12. The van der Waals surface area contributed by atoms with Gasteiger partial charge in [0.25, 0.3) is 0 Å². The maximum absolute atomic E-state index is 11.7. The molecule has 1 amide bonds. The van der Waals surface area contributed by atoms with E-state index in [0.717, 1.165) is 18.4 Å². The molecule has 5 heteroatoms. The third-order valence-electron chi connectivity index (χ3n) is 2.61. The van der Waals surface area contributed by atoms with Crippen molar-refractivity contribution in [2.45, 2.75) is 52.2 Å². The maximum atomic E-state index is 11.7. The van der Waals surface area contributed by atoms with E-state index in [0.29, 0.717) is 0 Å². The van der Waals surface area contributed by atoms with Gasteiger partial charge in [-0.15, -0.1) is 0 Å². The molecule has 1 aromatic rings. The first kappa shape index (κ1) is 13.7. The summed E-state index contributed by atoms with van der Waals surface area (Å²) in [6.45, 7) is 6.26. The van der Waals surface area contributed by atoms with Gasteiger partial charge in [-0.2, -0.15) is 5.10 Å². The predicted octanol–water partition coefficient (Wildman–Crippen LogP) is 1.21. The third-order valence-corrected chi connectivity index (χ3v) is 2.61. The van der Waals surface area contributed by atoms with Crippen molar-refractivity contribution in [2.24, 2.45) is 5.73 Å². The standard InChI is InChI=1S/C12H22N4O/c1-4-5-9(2)15-12(17)8-16-7-11(6-14-16)10(3)13/h6-7,9-10H,4-5,8,13H2,1-3H3,(H,15,17)/t9?,10-/m0/s1. The molecule has 5 nitrogen and oxygen atoms in total. The Hall–Kier alpha value is -1.36. The third kappa shape index (κ3) is 4.56. The normalized spacial score (nSPS) is 14.4. The van der Waals surface area contributed by atoms with Crippen molar-refractivity contribution in [3.8, 4) is 0 Å². The Morgan fingerprint density at radius 3 is 2.82 bits per heavy atom. The molecule has 17 heavy (non-hydrogen) atoms. The molecule has 96 valence electrons. The topological polar surface area (TPSA) is 72.9 Å². The lowest BCUT2D eigenvalue weighted by molar-refractivity contribution is -0.122. The number of hydrogen-bond acceptors (Lipinski definition) is 3. The molecule has 0 aromatic carbocycles. The Kier molecular flexibility index (Phi) is 5.15. The zero-order chi connectivity index (χ0) is 12.8. The fourth-order valence-electron chi connectivity index (χ4n) is 1.67. The van der Waals surface area contributed by atoms with Crippen LogP contribution in [-0.2, 0) is 11.3 Å². The largest absolute Gasteiger partial charge is 0.352 e. The molecule has 3 N–H and O–H groups in total. The monoisotopic (exact) mass is 238 g/mol. The smallest absolute Gasteiger partial charge is 0.241 e. The van der Waals surface area contributed by atoms with E-state index in [-0.39, 0.29) is 24.5 Å². The number of carbonyl (C=O) groups is 1. The minimum atomic E-state index is -0.0502. The quantitative estimate of drug-likeness (QED) is 0.782. The lowest BCUT2D eigenvalue weighted by Crippen LogP contribution is -2.35. The van der Waals surface area contributed by atoms with E-state index < -0.39 is 0 Å². The summed E-state index contributed by atoms with van der Waals surface area (Å²) in [6.07, 6.45) is 5.58. The van der Waals surface area contributed by atoms with Crippen LogP contribution in [0.3, 0.4) is 0 Å². The van der Waals surface area contributed by atoms with Crippen LogP contribution in [0.5, 0.6) is 0 Å². The second-order valence-corrected chi connectivity index (χ2v) is 4.52. The van der Waals surface area contributed by atoms with Crippen molar-refractivity contribution in [3.63, 3.8) is 0 Å². The molecular weight excluding hydrogens is 216 g/mol. The Labute approximate surface area is 102 Å². The van der Waals surface area contributed by atoms with E-state index in [4.69, 9.17) is 5.73 Å². The number of aromatic nitrogens is 2. The zero-order valence-electron chi connectivity index (χ0n) is 10.8. The van der Waals surface area contributed by atoms with Crippen molar-refractivity contribution in [3.05, 3.63) is 18.0 Å². The summed E-state index contributed by atoms with van der Waals surface area (Å²) in [7, 11) is 0. The molecule has 0 saturated heterocycles. The minimum Gasteiger partial charge on any atom is -0.352 e. The first-order valence-corrected chi connectivity index (χ1v) is 6.10. The molecule has 2 atom stereocenters. The summed E-state index contributed by atoms with van der Waals surface area (Å²) < 4.78 is 1.62. The number of amides is 1. The molecule has 1 heterocycles. The van der Waals surface area contributed by atoms with Gasteiger partial charge in [0.05, 0.1) is 6.20 Å². The fourth-order valence-corrected chi connectivity index (χ4v) is 1.67. The van der Waals surface area contributed by atoms with Crippen LogP contribution in [0.1, 0.15) is 45.2 Å². The van der Waals surface area contributed by atoms with Crippen LogP contribution in [0.15, 0.2) is 12.4 Å². The summed E-state index contributed by atoms with van der Waals surface area (Å²) in [4.78, 5) is 11.7. The van der Waals surface area contributed by atoms with E-state index in [1.807, 2.05) is 20.0 Å². The van der Waals surface area contributed by atoms with E-state index >= 15 is 0 Å². The summed E-state index contributed by atoms with van der Waals surface area (Å²) in [5.41, 5.74) is 6.67. The van der Waals surface area contributed by atoms with Crippen LogP contribution >= 0.6 is 0 Å². The van der Waals surface area contributed by atoms with Crippen LogP contribution in [0.4, 0.5) is 0 Å². The summed E-state index contributed by atoms with van der Waals surface area (Å²) in [5, 5.41) is 7.04. The highest BCUT2D eigenvalue weighted by Gasteiger charge is 2.09. The van der Waals surface area contributed by atoms with Crippen molar-refractivity contribution in [2.75, 3.05) is 0 Å². The van der Waals surface area contributed by atoms with Crippen LogP contribution in [0.25, 0.3) is 0 Å². The van der Waals surface area contributed by atoms with Gasteiger partial charge in [0.15, 0.2) is 0 Å². The summed E-state index contributed by atoms with van der Waals surface area (Å²) in [6, 6.07) is 0.168. The number of nitrogens with two attached hydrogens (primary N) is 1. The van der Waals surface area contributed by atoms with E-state index in [1.54, 1.807) is 10.9 Å². The molecule has 0 aliphatic rings. The Morgan fingerprint density at radius 1 is 1.59 bits per heavy atom. The van der Waals surface area contributed by atoms with Crippen molar-refractivity contribution in [1.82, 2.24) is 15.1 Å². The molecule has 1 unspecified atom stereocenters. The molecule has 0 aliphatic carbocycles. The summed E-state index contributed by atoms with van der Waals surface area (Å²) in [5.74, 6) is -0.00901. The highest BCUT2D eigenvalue weighted by Crippen LogP contribution is 2.06. The molecule has 0 fully saturated rings. The van der Waals surface area contributed by atoms with Crippen LogP contribution in [0.2, 0.25) is 0 Å². The maximum Gasteiger partial charge on any atom is 0.241 e. The van der Waals surface area contributed by atoms with E-state index in [1.165, 1.54) is 0 Å².